The Balaban J connectivity index is 1.54. The Kier molecular flexibility index (Phi) is 3.43. The fourth-order valence-electron chi connectivity index (χ4n) is 3.33. The highest BCUT2D eigenvalue weighted by Crippen LogP contribution is 2.24. The van der Waals surface area contributed by atoms with Gasteiger partial charge in [-0.3, -0.25) is 9.47 Å². The third-order valence-corrected chi connectivity index (χ3v) is 5.53. The number of hydrogen-bond donors (Lipinski definition) is 0. The Morgan fingerprint density at radius 3 is 3.10 bits per heavy atom. The van der Waals surface area contributed by atoms with Crippen molar-refractivity contribution in [3.8, 4) is 0 Å². The lowest BCUT2D eigenvalue weighted by atomic mass is 10.1. The first-order valence-corrected chi connectivity index (χ1v) is 8.63. The molecule has 0 saturated heterocycles. The van der Waals surface area contributed by atoms with E-state index < -0.39 is 0 Å². The van der Waals surface area contributed by atoms with Gasteiger partial charge in [-0.1, -0.05) is 6.42 Å². The summed E-state index contributed by atoms with van der Waals surface area (Å²) in [6, 6.07) is 2.21. The molecule has 2 aliphatic heterocycles. The van der Waals surface area contributed by atoms with Gasteiger partial charge in [0.15, 0.2) is 0 Å². The number of fused-ring (bicyclic) bond motifs is 2. The predicted molar refractivity (Wildman–Crippen MR) is 82.5 cm³/mol. The van der Waals surface area contributed by atoms with Gasteiger partial charge in [0.25, 0.3) is 0 Å². The fourth-order valence-corrected chi connectivity index (χ4v) is 4.22. The normalized spacial score (nSPS) is 19.0. The van der Waals surface area contributed by atoms with Crippen molar-refractivity contribution < 1.29 is 0 Å². The molecule has 0 unspecified atom stereocenters. The molecule has 0 N–H and O–H groups in total. The zero-order valence-electron chi connectivity index (χ0n) is 12.1. The number of aryl methyl sites for hydroxylation is 1. The SMILES string of the molecule is O=c1n(CN2CCc3sccc3C2)nc2n1CCCCC2. The van der Waals surface area contributed by atoms with Gasteiger partial charge in [0, 0.05) is 30.9 Å². The molecule has 2 aliphatic rings. The smallest absolute Gasteiger partial charge is 0.280 e. The average molecular weight is 304 g/mol. The maximum absolute atomic E-state index is 12.5. The molecule has 0 radical (unpaired) electrons. The second-order valence-corrected chi connectivity index (χ2v) is 6.97. The van der Waals surface area contributed by atoms with Crippen LogP contribution < -0.4 is 5.69 Å². The molecule has 0 spiro atoms. The van der Waals surface area contributed by atoms with Crippen molar-refractivity contribution in [2.24, 2.45) is 0 Å². The van der Waals surface area contributed by atoms with Crippen molar-refractivity contribution >= 4 is 11.3 Å². The first-order valence-electron chi connectivity index (χ1n) is 7.75. The van der Waals surface area contributed by atoms with E-state index in [0.29, 0.717) is 6.67 Å². The first kappa shape index (κ1) is 13.3. The molecule has 0 amide bonds. The quantitative estimate of drug-likeness (QED) is 0.850. The van der Waals surface area contributed by atoms with E-state index in [9.17, 15) is 4.79 Å². The van der Waals surface area contributed by atoms with Crippen LogP contribution in [-0.4, -0.2) is 25.8 Å². The predicted octanol–water partition coefficient (Wildman–Crippen LogP) is 1.85. The minimum absolute atomic E-state index is 0.0722. The van der Waals surface area contributed by atoms with Crippen molar-refractivity contribution in [3.05, 3.63) is 38.2 Å². The molecule has 0 fully saturated rings. The summed E-state index contributed by atoms with van der Waals surface area (Å²) < 4.78 is 3.55. The maximum Gasteiger partial charge on any atom is 0.347 e. The monoisotopic (exact) mass is 304 g/mol. The van der Waals surface area contributed by atoms with Crippen molar-refractivity contribution in [2.75, 3.05) is 6.54 Å². The van der Waals surface area contributed by atoms with Crippen LogP contribution in [0.15, 0.2) is 16.2 Å². The van der Waals surface area contributed by atoms with Gasteiger partial charge in [0.2, 0.25) is 0 Å². The summed E-state index contributed by atoms with van der Waals surface area (Å²) >= 11 is 1.85. The third kappa shape index (κ3) is 2.46. The van der Waals surface area contributed by atoms with Crippen molar-refractivity contribution in [1.29, 1.82) is 0 Å². The molecular formula is C15H20N4OS. The van der Waals surface area contributed by atoms with Crippen molar-refractivity contribution in [3.63, 3.8) is 0 Å². The lowest BCUT2D eigenvalue weighted by molar-refractivity contribution is 0.187. The zero-order valence-corrected chi connectivity index (χ0v) is 12.9. The van der Waals surface area contributed by atoms with Gasteiger partial charge in [0.1, 0.15) is 5.82 Å². The van der Waals surface area contributed by atoms with E-state index in [2.05, 4.69) is 21.4 Å². The highest BCUT2D eigenvalue weighted by atomic mass is 32.1. The molecule has 4 rings (SSSR count). The summed E-state index contributed by atoms with van der Waals surface area (Å²) in [5.74, 6) is 0.978. The molecule has 0 saturated carbocycles. The van der Waals surface area contributed by atoms with E-state index in [0.717, 1.165) is 51.1 Å². The summed E-state index contributed by atoms with van der Waals surface area (Å²) in [5.41, 5.74) is 1.49. The molecule has 2 aromatic heterocycles. The first-order chi connectivity index (χ1) is 10.3. The number of aromatic nitrogens is 3. The molecule has 6 heteroatoms. The molecule has 21 heavy (non-hydrogen) atoms. The van der Waals surface area contributed by atoms with Crippen LogP contribution in [0.5, 0.6) is 0 Å². The number of nitrogens with zero attached hydrogens (tertiary/aromatic N) is 4. The minimum atomic E-state index is 0.0722. The third-order valence-electron chi connectivity index (χ3n) is 4.50. The zero-order chi connectivity index (χ0) is 14.2. The number of thiophene rings is 1. The van der Waals surface area contributed by atoms with E-state index >= 15 is 0 Å². The van der Waals surface area contributed by atoms with Gasteiger partial charge < -0.3 is 0 Å². The van der Waals surface area contributed by atoms with Crippen molar-refractivity contribution in [1.82, 2.24) is 19.2 Å². The lowest BCUT2D eigenvalue weighted by Crippen LogP contribution is -2.36. The molecule has 0 aromatic carbocycles. The molecule has 112 valence electrons. The van der Waals surface area contributed by atoms with Crippen molar-refractivity contribution in [2.45, 2.75) is 51.9 Å². The Morgan fingerprint density at radius 1 is 1.19 bits per heavy atom. The average Bonchev–Trinajstić information content (AvgIpc) is 2.97. The summed E-state index contributed by atoms with van der Waals surface area (Å²) in [7, 11) is 0. The van der Waals surface area contributed by atoms with Gasteiger partial charge in [-0.25, -0.2) is 4.79 Å². The second-order valence-electron chi connectivity index (χ2n) is 5.97. The fraction of sp³-hybridized carbons (Fsp3) is 0.600. The minimum Gasteiger partial charge on any atom is -0.280 e. The Bertz CT molecular complexity index is 699. The van der Waals surface area contributed by atoms with Crippen LogP contribution in [0, 0.1) is 0 Å². The highest BCUT2D eigenvalue weighted by molar-refractivity contribution is 7.10. The van der Waals surface area contributed by atoms with Gasteiger partial charge in [-0.2, -0.15) is 9.78 Å². The van der Waals surface area contributed by atoms with Crippen LogP contribution in [0.25, 0.3) is 0 Å². The van der Waals surface area contributed by atoms with Crippen LogP contribution in [0.3, 0.4) is 0 Å². The van der Waals surface area contributed by atoms with Crippen LogP contribution in [-0.2, 0) is 32.6 Å². The molecule has 4 heterocycles. The van der Waals surface area contributed by atoms with Crippen LogP contribution in [0.2, 0.25) is 0 Å². The largest absolute Gasteiger partial charge is 0.347 e. The van der Waals surface area contributed by atoms with Gasteiger partial charge >= 0.3 is 5.69 Å². The molecular weight excluding hydrogens is 284 g/mol. The Morgan fingerprint density at radius 2 is 2.14 bits per heavy atom. The van der Waals surface area contributed by atoms with Gasteiger partial charge in [-0.15, -0.1) is 11.3 Å². The molecule has 0 bridgehead atoms. The van der Waals surface area contributed by atoms with Gasteiger partial charge in [0.05, 0.1) is 6.67 Å². The summed E-state index contributed by atoms with van der Waals surface area (Å²) in [6.45, 7) is 3.41. The van der Waals surface area contributed by atoms with E-state index in [-0.39, 0.29) is 5.69 Å². The molecule has 2 aromatic rings. The summed E-state index contributed by atoms with van der Waals surface area (Å²) in [4.78, 5) is 16.3. The van der Waals surface area contributed by atoms with Crippen LogP contribution >= 0.6 is 11.3 Å². The van der Waals surface area contributed by atoms with Gasteiger partial charge in [-0.05, 0) is 36.3 Å². The van der Waals surface area contributed by atoms with E-state index in [1.165, 1.54) is 16.9 Å². The Hall–Kier alpha value is -1.40. The standard InChI is InChI=1S/C15H20N4OS/c20-15-18-7-3-1-2-4-14(18)16-19(15)11-17-8-5-13-12(10-17)6-9-21-13/h6,9H,1-5,7-8,10-11H2. The number of rotatable bonds is 2. The van der Waals surface area contributed by atoms with E-state index in [4.69, 9.17) is 0 Å². The topological polar surface area (TPSA) is 43.1 Å². The summed E-state index contributed by atoms with van der Waals surface area (Å²) in [6.07, 6.45) is 5.49. The van der Waals surface area contributed by atoms with E-state index in [1.54, 1.807) is 4.68 Å². The van der Waals surface area contributed by atoms with Crippen LogP contribution in [0.4, 0.5) is 0 Å². The molecule has 5 nitrogen and oxygen atoms in total. The lowest BCUT2D eigenvalue weighted by Gasteiger charge is -2.26. The summed E-state index contributed by atoms with van der Waals surface area (Å²) in [5, 5.41) is 6.74. The molecule has 0 aliphatic carbocycles. The second kappa shape index (κ2) is 5.42. The molecule has 0 atom stereocenters. The number of hydrogen-bond acceptors (Lipinski definition) is 4. The maximum atomic E-state index is 12.5. The van der Waals surface area contributed by atoms with Crippen LogP contribution in [0.1, 0.15) is 35.5 Å². The highest BCUT2D eigenvalue weighted by Gasteiger charge is 2.20. The Labute approximate surface area is 127 Å². The van der Waals surface area contributed by atoms with E-state index in [1.807, 2.05) is 15.9 Å².